The van der Waals surface area contributed by atoms with Crippen molar-refractivity contribution in [2.45, 2.75) is 18.9 Å². The highest BCUT2D eigenvalue weighted by Gasteiger charge is 2.24. The maximum Gasteiger partial charge on any atom is 0.263 e. The molecule has 2 heterocycles. The maximum absolute atomic E-state index is 12.2. The predicted octanol–water partition coefficient (Wildman–Crippen LogP) is 3.53. The van der Waals surface area contributed by atoms with Gasteiger partial charge in [0.05, 0.1) is 21.4 Å². The van der Waals surface area contributed by atoms with Crippen LogP contribution < -0.4 is 0 Å². The van der Waals surface area contributed by atoms with Crippen molar-refractivity contribution in [2.24, 2.45) is 0 Å². The van der Waals surface area contributed by atoms with E-state index in [0.717, 1.165) is 46.5 Å². The molecule has 1 aromatic heterocycles. The van der Waals surface area contributed by atoms with Crippen LogP contribution in [0.4, 0.5) is 0 Å². The van der Waals surface area contributed by atoms with E-state index in [-0.39, 0.29) is 5.91 Å². The van der Waals surface area contributed by atoms with Crippen molar-refractivity contribution in [3.63, 3.8) is 0 Å². The standard InChI is InChI=1S/C12H15Br2NO2S/c13-5-8-17-9-3-6-15(7-4-9)12(16)10-1-2-11(14)18-10/h1-2,9H,3-8H2. The smallest absolute Gasteiger partial charge is 0.263 e. The van der Waals surface area contributed by atoms with E-state index >= 15 is 0 Å². The minimum absolute atomic E-state index is 0.143. The second-order valence-corrected chi connectivity index (χ2v) is 7.41. The third-order valence-electron chi connectivity index (χ3n) is 2.94. The van der Waals surface area contributed by atoms with Crippen molar-refractivity contribution in [3.8, 4) is 0 Å². The van der Waals surface area contributed by atoms with Gasteiger partial charge in [0.15, 0.2) is 0 Å². The van der Waals surface area contributed by atoms with E-state index in [9.17, 15) is 4.79 Å². The van der Waals surface area contributed by atoms with E-state index in [4.69, 9.17) is 4.74 Å². The Bertz CT molecular complexity index is 403. The molecule has 1 fully saturated rings. The van der Waals surface area contributed by atoms with Crippen LogP contribution in [0, 0.1) is 0 Å². The molecule has 0 aliphatic carbocycles. The fraction of sp³-hybridized carbons (Fsp3) is 0.583. The fourth-order valence-corrected chi connectivity index (χ4v) is 3.56. The van der Waals surface area contributed by atoms with Crippen LogP contribution in [-0.2, 0) is 4.74 Å². The number of thiophene rings is 1. The molecule has 0 unspecified atom stereocenters. The molecule has 100 valence electrons. The van der Waals surface area contributed by atoms with Gasteiger partial charge in [0, 0.05) is 18.4 Å². The molecular weight excluding hydrogens is 382 g/mol. The van der Waals surface area contributed by atoms with Gasteiger partial charge in [-0.15, -0.1) is 11.3 Å². The number of alkyl halides is 1. The van der Waals surface area contributed by atoms with Gasteiger partial charge < -0.3 is 9.64 Å². The lowest BCUT2D eigenvalue weighted by Crippen LogP contribution is -2.40. The zero-order valence-corrected chi connectivity index (χ0v) is 13.9. The Balaban J connectivity index is 1.84. The summed E-state index contributed by atoms with van der Waals surface area (Å²) in [5.41, 5.74) is 0. The Morgan fingerprint density at radius 3 is 2.72 bits per heavy atom. The van der Waals surface area contributed by atoms with Crippen LogP contribution in [0.2, 0.25) is 0 Å². The van der Waals surface area contributed by atoms with Crippen LogP contribution in [0.1, 0.15) is 22.5 Å². The molecule has 6 heteroatoms. The molecule has 1 aromatic rings. The summed E-state index contributed by atoms with van der Waals surface area (Å²) in [6, 6.07) is 3.80. The summed E-state index contributed by atoms with van der Waals surface area (Å²) in [6.45, 7) is 2.33. The minimum atomic E-state index is 0.143. The van der Waals surface area contributed by atoms with Crippen molar-refractivity contribution in [3.05, 3.63) is 20.8 Å². The molecule has 0 bridgehead atoms. The topological polar surface area (TPSA) is 29.5 Å². The first-order chi connectivity index (χ1) is 8.70. The number of amides is 1. The van der Waals surface area contributed by atoms with Crippen LogP contribution in [0.15, 0.2) is 15.9 Å². The predicted molar refractivity (Wildman–Crippen MR) is 80.7 cm³/mol. The first kappa shape index (κ1) is 14.5. The average Bonchev–Trinajstić information content (AvgIpc) is 2.83. The summed E-state index contributed by atoms with van der Waals surface area (Å²) >= 11 is 8.23. The summed E-state index contributed by atoms with van der Waals surface area (Å²) in [7, 11) is 0. The van der Waals surface area contributed by atoms with Crippen LogP contribution in [0.25, 0.3) is 0 Å². The third-order valence-corrected chi connectivity index (χ3v) is 4.88. The molecule has 0 saturated carbocycles. The van der Waals surface area contributed by atoms with Crippen LogP contribution in [0.3, 0.4) is 0 Å². The lowest BCUT2D eigenvalue weighted by atomic mass is 10.1. The Morgan fingerprint density at radius 1 is 1.44 bits per heavy atom. The minimum Gasteiger partial charge on any atom is -0.377 e. The SMILES string of the molecule is O=C(c1ccc(Br)s1)N1CCC(OCCBr)CC1. The molecule has 1 saturated heterocycles. The van der Waals surface area contributed by atoms with Gasteiger partial charge in [-0.2, -0.15) is 0 Å². The number of nitrogens with zero attached hydrogens (tertiary/aromatic N) is 1. The third kappa shape index (κ3) is 3.79. The molecule has 1 amide bonds. The number of ether oxygens (including phenoxy) is 1. The lowest BCUT2D eigenvalue weighted by molar-refractivity contribution is 0.0161. The molecule has 0 aromatic carbocycles. The summed E-state index contributed by atoms with van der Waals surface area (Å²) < 4.78 is 6.68. The van der Waals surface area contributed by atoms with Gasteiger partial charge in [0.2, 0.25) is 0 Å². The Labute approximate surface area is 128 Å². The molecule has 0 radical (unpaired) electrons. The second-order valence-electron chi connectivity index (χ2n) is 4.16. The molecule has 1 aliphatic heterocycles. The van der Waals surface area contributed by atoms with Crippen LogP contribution in [0.5, 0.6) is 0 Å². The number of likely N-dealkylation sites (tertiary alicyclic amines) is 1. The highest BCUT2D eigenvalue weighted by atomic mass is 79.9. The molecule has 0 spiro atoms. The monoisotopic (exact) mass is 395 g/mol. The van der Waals surface area contributed by atoms with Crippen molar-refractivity contribution in [1.29, 1.82) is 0 Å². The van der Waals surface area contributed by atoms with E-state index < -0.39 is 0 Å². The van der Waals surface area contributed by atoms with Gasteiger partial charge in [-0.3, -0.25) is 4.79 Å². The van der Waals surface area contributed by atoms with Crippen LogP contribution >= 0.6 is 43.2 Å². The van der Waals surface area contributed by atoms with Gasteiger partial charge in [-0.05, 0) is 40.9 Å². The Morgan fingerprint density at radius 2 is 2.17 bits per heavy atom. The van der Waals surface area contributed by atoms with Crippen LogP contribution in [-0.4, -0.2) is 41.9 Å². The van der Waals surface area contributed by atoms with Gasteiger partial charge in [0.1, 0.15) is 0 Å². The molecule has 18 heavy (non-hydrogen) atoms. The summed E-state index contributed by atoms with van der Waals surface area (Å²) in [4.78, 5) is 14.9. The number of rotatable bonds is 4. The van der Waals surface area contributed by atoms with E-state index in [2.05, 4.69) is 31.9 Å². The quantitative estimate of drug-likeness (QED) is 0.728. The summed E-state index contributed by atoms with van der Waals surface area (Å²) in [6.07, 6.45) is 2.18. The zero-order chi connectivity index (χ0) is 13.0. The van der Waals surface area contributed by atoms with Crippen molar-refractivity contribution in [1.82, 2.24) is 4.90 Å². The number of hydrogen-bond donors (Lipinski definition) is 0. The first-order valence-electron chi connectivity index (χ1n) is 5.93. The number of hydrogen-bond acceptors (Lipinski definition) is 3. The number of piperidine rings is 1. The Hall–Kier alpha value is 0.0900. The van der Waals surface area contributed by atoms with E-state index in [0.29, 0.717) is 6.10 Å². The van der Waals surface area contributed by atoms with Gasteiger partial charge >= 0.3 is 0 Å². The molecular formula is C12H15Br2NO2S. The number of carbonyl (C=O) groups excluding carboxylic acids is 1. The van der Waals surface area contributed by atoms with Crippen molar-refractivity contribution < 1.29 is 9.53 Å². The Kier molecular flexibility index (Phi) is 5.66. The fourth-order valence-electron chi connectivity index (χ4n) is 2.02. The van der Waals surface area contributed by atoms with Gasteiger partial charge in [-0.1, -0.05) is 15.9 Å². The van der Waals surface area contributed by atoms with E-state index in [1.165, 1.54) is 11.3 Å². The van der Waals surface area contributed by atoms with Gasteiger partial charge in [0.25, 0.3) is 5.91 Å². The molecule has 2 rings (SSSR count). The number of carbonyl (C=O) groups is 1. The largest absolute Gasteiger partial charge is 0.377 e. The normalized spacial score (nSPS) is 17.1. The molecule has 0 N–H and O–H groups in total. The maximum atomic E-state index is 12.2. The highest BCUT2D eigenvalue weighted by Crippen LogP contribution is 2.24. The zero-order valence-electron chi connectivity index (χ0n) is 9.90. The van der Waals surface area contributed by atoms with Gasteiger partial charge in [-0.25, -0.2) is 0 Å². The summed E-state index contributed by atoms with van der Waals surface area (Å²) in [5, 5.41) is 0.870. The second kappa shape index (κ2) is 7.03. The lowest BCUT2D eigenvalue weighted by Gasteiger charge is -2.31. The molecule has 1 aliphatic rings. The van der Waals surface area contributed by atoms with E-state index in [1.807, 2.05) is 17.0 Å². The summed E-state index contributed by atoms with van der Waals surface area (Å²) in [5.74, 6) is 0.143. The molecule has 0 atom stereocenters. The number of halogens is 2. The first-order valence-corrected chi connectivity index (χ1v) is 8.66. The molecule has 3 nitrogen and oxygen atoms in total. The van der Waals surface area contributed by atoms with Crippen molar-refractivity contribution in [2.75, 3.05) is 25.0 Å². The highest BCUT2D eigenvalue weighted by molar-refractivity contribution is 9.11. The average molecular weight is 397 g/mol. The van der Waals surface area contributed by atoms with Crippen molar-refractivity contribution >= 4 is 49.1 Å². The van der Waals surface area contributed by atoms with E-state index in [1.54, 1.807) is 0 Å².